The van der Waals surface area contributed by atoms with Crippen LogP contribution in [-0.2, 0) is 4.74 Å². The summed E-state index contributed by atoms with van der Waals surface area (Å²) in [5.41, 5.74) is 6.58. The van der Waals surface area contributed by atoms with Gasteiger partial charge < -0.3 is 20.5 Å². The van der Waals surface area contributed by atoms with Gasteiger partial charge in [0.15, 0.2) is 0 Å². The summed E-state index contributed by atoms with van der Waals surface area (Å²) in [5, 5.41) is 3.34. The number of hydrogen-bond acceptors (Lipinski definition) is 4. The first kappa shape index (κ1) is 13.7. The quantitative estimate of drug-likeness (QED) is 0.847. The summed E-state index contributed by atoms with van der Waals surface area (Å²) in [6, 6.07) is 5.16. The predicted molar refractivity (Wildman–Crippen MR) is 73.5 cm³/mol. The molecule has 5 nitrogen and oxygen atoms in total. The molecule has 5 heteroatoms. The van der Waals surface area contributed by atoms with E-state index in [2.05, 4.69) is 5.32 Å². The second kappa shape index (κ2) is 6.43. The van der Waals surface area contributed by atoms with E-state index < -0.39 is 5.91 Å². The number of methoxy groups -OCH3 is 1. The second-order valence-corrected chi connectivity index (χ2v) is 4.72. The molecule has 0 unspecified atom stereocenters. The molecule has 1 aromatic carbocycles. The first-order valence-corrected chi connectivity index (χ1v) is 6.50. The van der Waals surface area contributed by atoms with Crippen LogP contribution in [-0.4, -0.2) is 32.8 Å². The van der Waals surface area contributed by atoms with Gasteiger partial charge in [0.25, 0.3) is 0 Å². The Labute approximate surface area is 113 Å². The molecule has 0 atom stereocenters. The fourth-order valence-corrected chi connectivity index (χ4v) is 2.20. The van der Waals surface area contributed by atoms with E-state index in [1.807, 2.05) is 0 Å². The molecule has 1 aromatic rings. The Balaban J connectivity index is 2.04. The lowest BCUT2D eigenvalue weighted by atomic mass is 10.0. The molecule has 1 fully saturated rings. The van der Waals surface area contributed by atoms with Crippen LogP contribution in [0.4, 0.5) is 5.69 Å². The van der Waals surface area contributed by atoms with Gasteiger partial charge in [0.1, 0.15) is 5.75 Å². The van der Waals surface area contributed by atoms with Crippen LogP contribution in [0.2, 0.25) is 0 Å². The maximum absolute atomic E-state index is 11.2. The number of nitrogens with two attached hydrogens (primary N) is 1. The SMILES string of the molecule is COc1ccc(C(N)=O)cc1NCC1CCOCC1. The number of benzene rings is 1. The average molecular weight is 264 g/mol. The molecular formula is C14H20N2O3. The van der Waals surface area contributed by atoms with Gasteiger partial charge in [-0.1, -0.05) is 0 Å². The zero-order valence-corrected chi connectivity index (χ0v) is 11.1. The monoisotopic (exact) mass is 264 g/mol. The van der Waals surface area contributed by atoms with E-state index in [0.29, 0.717) is 11.5 Å². The van der Waals surface area contributed by atoms with E-state index in [1.54, 1.807) is 25.3 Å². The normalized spacial score (nSPS) is 16.1. The van der Waals surface area contributed by atoms with E-state index in [9.17, 15) is 4.79 Å². The van der Waals surface area contributed by atoms with Crippen LogP contribution in [0, 0.1) is 5.92 Å². The van der Waals surface area contributed by atoms with Gasteiger partial charge in [0, 0.05) is 25.3 Å². The van der Waals surface area contributed by atoms with Crippen LogP contribution in [0.1, 0.15) is 23.2 Å². The predicted octanol–water partition coefficient (Wildman–Crippen LogP) is 1.63. The van der Waals surface area contributed by atoms with Gasteiger partial charge in [-0.2, -0.15) is 0 Å². The Hall–Kier alpha value is -1.75. The van der Waals surface area contributed by atoms with Crippen molar-refractivity contribution >= 4 is 11.6 Å². The Morgan fingerprint density at radius 3 is 2.84 bits per heavy atom. The van der Waals surface area contributed by atoms with Gasteiger partial charge in [-0.05, 0) is 37.0 Å². The van der Waals surface area contributed by atoms with Crippen molar-refractivity contribution in [2.45, 2.75) is 12.8 Å². The summed E-state index contributed by atoms with van der Waals surface area (Å²) in [6.07, 6.45) is 2.12. The summed E-state index contributed by atoms with van der Waals surface area (Å²) >= 11 is 0. The molecule has 2 rings (SSSR count). The molecule has 0 radical (unpaired) electrons. The summed E-state index contributed by atoms with van der Waals surface area (Å²) in [4.78, 5) is 11.2. The number of rotatable bonds is 5. The third kappa shape index (κ3) is 3.61. The van der Waals surface area contributed by atoms with Crippen LogP contribution in [0.15, 0.2) is 18.2 Å². The maximum Gasteiger partial charge on any atom is 0.248 e. The van der Waals surface area contributed by atoms with E-state index in [1.165, 1.54) is 0 Å². The summed E-state index contributed by atoms with van der Waals surface area (Å²) in [6.45, 7) is 2.50. The summed E-state index contributed by atoms with van der Waals surface area (Å²) in [7, 11) is 1.61. The van der Waals surface area contributed by atoms with Crippen molar-refractivity contribution in [1.82, 2.24) is 0 Å². The van der Waals surface area contributed by atoms with Crippen LogP contribution in [0.25, 0.3) is 0 Å². The van der Waals surface area contributed by atoms with Gasteiger partial charge in [-0.15, -0.1) is 0 Å². The van der Waals surface area contributed by atoms with Crippen molar-refractivity contribution in [2.24, 2.45) is 11.7 Å². The summed E-state index contributed by atoms with van der Waals surface area (Å²) < 4.78 is 10.6. The number of carbonyl (C=O) groups excluding carboxylic acids is 1. The third-order valence-electron chi connectivity index (χ3n) is 3.41. The molecule has 1 heterocycles. The van der Waals surface area contributed by atoms with Gasteiger partial charge in [-0.3, -0.25) is 4.79 Å². The van der Waals surface area contributed by atoms with Crippen LogP contribution in [0.5, 0.6) is 5.75 Å². The molecule has 0 saturated carbocycles. The molecule has 1 aliphatic rings. The van der Waals surface area contributed by atoms with Gasteiger partial charge >= 0.3 is 0 Å². The molecule has 3 N–H and O–H groups in total. The Bertz CT molecular complexity index is 442. The van der Waals surface area contributed by atoms with Crippen molar-refractivity contribution in [1.29, 1.82) is 0 Å². The molecule has 104 valence electrons. The lowest BCUT2D eigenvalue weighted by Crippen LogP contribution is -2.23. The first-order chi connectivity index (χ1) is 9.20. The second-order valence-electron chi connectivity index (χ2n) is 4.72. The lowest BCUT2D eigenvalue weighted by molar-refractivity contribution is 0.0699. The number of nitrogens with one attached hydrogen (secondary N) is 1. The van der Waals surface area contributed by atoms with Crippen LogP contribution in [0.3, 0.4) is 0 Å². The number of anilines is 1. The fourth-order valence-electron chi connectivity index (χ4n) is 2.20. The van der Waals surface area contributed by atoms with E-state index in [4.69, 9.17) is 15.2 Å². The topological polar surface area (TPSA) is 73.6 Å². The fraction of sp³-hybridized carbons (Fsp3) is 0.500. The highest BCUT2D eigenvalue weighted by molar-refractivity contribution is 5.94. The highest BCUT2D eigenvalue weighted by Crippen LogP contribution is 2.26. The first-order valence-electron chi connectivity index (χ1n) is 6.50. The Kier molecular flexibility index (Phi) is 4.63. The standard InChI is InChI=1S/C14H20N2O3/c1-18-13-3-2-11(14(15)17)8-12(13)16-9-10-4-6-19-7-5-10/h2-3,8,10,16H,4-7,9H2,1H3,(H2,15,17). The molecule has 0 spiro atoms. The maximum atomic E-state index is 11.2. The highest BCUT2D eigenvalue weighted by Gasteiger charge is 2.14. The zero-order chi connectivity index (χ0) is 13.7. The van der Waals surface area contributed by atoms with Crippen molar-refractivity contribution in [3.05, 3.63) is 23.8 Å². The van der Waals surface area contributed by atoms with Crippen molar-refractivity contribution in [3.63, 3.8) is 0 Å². The zero-order valence-electron chi connectivity index (χ0n) is 11.1. The van der Waals surface area contributed by atoms with Gasteiger partial charge in [-0.25, -0.2) is 0 Å². The molecule has 1 aliphatic heterocycles. The minimum absolute atomic E-state index is 0.434. The molecule has 1 saturated heterocycles. The number of amides is 1. The smallest absolute Gasteiger partial charge is 0.248 e. The third-order valence-corrected chi connectivity index (χ3v) is 3.41. The molecular weight excluding hydrogens is 244 g/mol. The van der Waals surface area contributed by atoms with E-state index >= 15 is 0 Å². The number of carbonyl (C=O) groups is 1. The minimum Gasteiger partial charge on any atom is -0.495 e. The number of ether oxygens (including phenoxy) is 2. The van der Waals surface area contributed by atoms with Crippen molar-refractivity contribution in [3.8, 4) is 5.75 Å². The van der Waals surface area contributed by atoms with Crippen molar-refractivity contribution < 1.29 is 14.3 Å². The van der Waals surface area contributed by atoms with Gasteiger partial charge in [0.2, 0.25) is 5.91 Å². The van der Waals surface area contributed by atoms with Gasteiger partial charge in [0.05, 0.1) is 12.8 Å². The molecule has 0 aliphatic carbocycles. The highest BCUT2D eigenvalue weighted by atomic mass is 16.5. The van der Waals surface area contributed by atoms with Crippen LogP contribution >= 0.6 is 0 Å². The number of primary amides is 1. The van der Waals surface area contributed by atoms with E-state index in [-0.39, 0.29) is 0 Å². The Morgan fingerprint density at radius 1 is 1.47 bits per heavy atom. The molecule has 19 heavy (non-hydrogen) atoms. The van der Waals surface area contributed by atoms with Crippen LogP contribution < -0.4 is 15.8 Å². The summed E-state index contributed by atoms with van der Waals surface area (Å²) in [5.74, 6) is 0.879. The largest absolute Gasteiger partial charge is 0.495 e. The molecule has 0 bridgehead atoms. The van der Waals surface area contributed by atoms with E-state index in [0.717, 1.165) is 44.0 Å². The van der Waals surface area contributed by atoms with Crippen molar-refractivity contribution in [2.75, 3.05) is 32.2 Å². The molecule has 0 aromatic heterocycles. The lowest BCUT2D eigenvalue weighted by Gasteiger charge is -2.23. The average Bonchev–Trinajstić information content (AvgIpc) is 2.45. The number of hydrogen-bond donors (Lipinski definition) is 2. The minimum atomic E-state index is -0.434. The Morgan fingerprint density at radius 2 is 2.21 bits per heavy atom. The molecule has 1 amide bonds.